The summed E-state index contributed by atoms with van der Waals surface area (Å²) < 4.78 is 16.9. The first kappa shape index (κ1) is 76.3. The van der Waals surface area contributed by atoms with Crippen molar-refractivity contribution >= 4 is 17.9 Å². The van der Waals surface area contributed by atoms with Crippen LogP contribution in [0.25, 0.3) is 0 Å². The Kier molecular flexibility index (Phi) is 64.7. The molecular weight excluding hydrogens is 985 g/mol. The Morgan fingerprint density at radius 2 is 0.487 bits per heavy atom. The molecule has 1 atom stereocenters. The predicted molar refractivity (Wildman–Crippen MR) is 348 cm³/mol. The predicted octanol–water partition coefficient (Wildman–Crippen LogP) is 23.6. The topological polar surface area (TPSA) is 78.9 Å². The van der Waals surface area contributed by atoms with Gasteiger partial charge < -0.3 is 14.2 Å². The van der Waals surface area contributed by atoms with Crippen molar-refractivity contribution in [3.63, 3.8) is 0 Å². The van der Waals surface area contributed by atoms with Crippen molar-refractivity contribution in [2.24, 2.45) is 0 Å². The Bertz CT molecular complexity index is 1560. The van der Waals surface area contributed by atoms with Gasteiger partial charge in [-0.3, -0.25) is 14.4 Å². The summed E-state index contributed by atoms with van der Waals surface area (Å²) >= 11 is 0. The van der Waals surface area contributed by atoms with Crippen molar-refractivity contribution in [3.05, 3.63) is 97.2 Å². The van der Waals surface area contributed by atoms with E-state index in [4.69, 9.17) is 14.2 Å². The fraction of sp³-hybridized carbons (Fsp3) is 0.743. The standard InChI is InChI=1S/C74H128O6/c1-4-7-10-13-16-19-22-25-28-31-33-34-35-36-37-38-39-40-41-44-46-49-52-55-58-61-64-67-73(76)79-70-71(69-78-72(75)66-63-60-57-54-51-48-45-42-30-27-24-21-18-15-12-9-6-3)80-74(77)68-65-62-59-56-53-50-47-43-32-29-26-23-20-17-14-11-8-5-2/h7,10,16,19,25,28,33-34,36-37,39-40,44,46,52,55,71H,4-6,8-9,11-15,17-18,20-24,26-27,29-32,35,38,41-43,45,47-51,53-54,56-70H2,1-3H3/b10-7-,19-16-,28-25-,34-33-,37-36-,40-39-,46-44-,55-52-. The van der Waals surface area contributed by atoms with E-state index in [0.717, 1.165) is 109 Å². The summed E-state index contributed by atoms with van der Waals surface area (Å²) in [6.07, 6.45) is 91.3. The molecule has 0 radical (unpaired) electrons. The van der Waals surface area contributed by atoms with E-state index in [2.05, 4.69) is 118 Å². The number of carbonyl (C=O) groups excluding carboxylic acids is 3. The maximum absolute atomic E-state index is 12.9. The molecule has 80 heavy (non-hydrogen) atoms. The van der Waals surface area contributed by atoms with Gasteiger partial charge >= 0.3 is 17.9 Å². The average Bonchev–Trinajstić information content (AvgIpc) is 3.46. The summed E-state index contributed by atoms with van der Waals surface area (Å²) in [6, 6.07) is 0. The highest BCUT2D eigenvalue weighted by molar-refractivity contribution is 5.71. The van der Waals surface area contributed by atoms with E-state index in [1.807, 2.05) is 0 Å². The van der Waals surface area contributed by atoms with E-state index < -0.39 is 6.10 Å². The quantitative estimate of drug-likeness (QED) is 0.0261. The molecule has 0 spiro atoms. The normalized spacial score (nSPS) is 12.7. The highest BCUT2D eigenvalue weighted by Crippen LogP contribution is 2.17. The van der Waals surface area contributed by atoms with Gasteiger partial charge in [-0.2, -0.15) is 0 Å². The van der Waals surface area contributed by atoms with Crippen LogP contribution < -0.4 is 0 Å². The molecule has 460 valence electrons. The minimum absolute atomic E-state index is 0.0867. The number of carbonyl (C=O) groups is 3. The van der Waals surface area contributed by atoms with Gasteiger partial charge in [0.05, 0.1) is 0 Å². The molecular formula is C74H128O6. The molecule has 0 N–H and O–H groups in total. The SMILES string of the molecule is CC/C=C\C/C=C\C/C=C\C/C=C\C/C=C\C/C=C\C/C=C\C/C=C\CCCCC(=O)OCC(COC(=O)CCCCCCCCCCCCCCCCCCC)OC(=O)CCCCCCCCCCCCCCCCCCCC. The van der Waals surface area contributed by atoms with Crippen LogP contribution in [-0.4, -0.2) is 37.2 Å². The van der Waals surface area contributed by atoms with Crippen molar-refractivity contribution < 1.29 is 28.6 Å². The fourth-order valence-corrected chi connectivity index (χ4v) is 9.76. The second-order valence-electron chi connectivity index (χ2n) is 22.7. The smallest absolute Gasteiger partial charge is 0.306 e. The first-order chi connectivity index (χ1) is 39.5. The molecule has 0 aliphatic rings. The Morgan fingerprint density at radius 1 is 0.263 bits per heavy atom. The number of ether oxygens (including phenoxy) is 3. The van der Waals surface area contributed by atoms with Gasteiger partial charge in [-0.05, 0) is 83.5 Å². The van der Waals surface area contributed by atoms with Crippen LogP contribution in [0.2, 0.25) is 0 Å². The maximum atomic E-state index is 12.9. The molecule has 0 aliphatic carbocycles. The molecule has 0 amide bonds. The zero-order valence-electron chi connectivity index (χ0n) is 52.8. The lowest BCUT2D eigenvalue weighted by Gasteiger charge is -2.18. The highest BCUT2D eigenvalue weighted by atomic mass is 16.6. The fourth-order valence-electron chi connectivity index (χ4n) is 9.76. The van der Waals surface area contributed by atoms with Gasteiger partial charge in [0.1, 0.15) is 13.2 Å². The Labute approximate surface area is 496 Å². The third kappa shape index (κ3) is 65.1. The summed E-state index contributed by atoms with van der Waals surface area (Å²) in [4.78, 5) is 38.4. The zero-order valence-corrected chi connectivity index (χ0v) is 52.8. The zero-order chi connectivity index (χ0) is 57.8. The third-order valence-corrected chi connectivity index (χ3v) is 14.9. The Hall–Kier alpha value is -3.67. The maximum Gasteiger partial charge on any atom is 0.306 e. The van der Waals surface area contributed by atoms with Crippen LogP contribution in [0, 0.1) is 0 Å². The van der Waals surface area contributed by atoms with E-state index in [-0.39, 0.29) is 31.1 Å². The summed E-state index contributed by atoms with van der Waals surface area (Å²) in [5.74, 6) is -0.914. The van der Waals surface area contributed by atoms with Crippen LogP contribution in [0.5, 0.6) is 0 Å². The first-order valence-electron chi connectivity index (χ1n) is 34.2. The Morgan fingerprint density at radius 3 is 0.762 bits per heavy atom. The number of unbranched alkanes of at least 4 members (excludes halogenated alkanes) is 35. The summed E-state index contributed by atoms with van der Waals surface area (Å²) in [5.41, 5.74) is 0. The molecule has 0 fully saturated rings. The highest BCUT2D eigenvalue weighted by Gasteiger charge is 2.19. The van der Waals surface area contributed by atoms with Crippen molar-refractivity contribution in [2.45, 2.75) is 341 Å². The lowest BCUT2D eigenvalue weighted by Crippen LogP contribution is -2.30. The van der Waals surface area contributed by atoms with Crippen molar-refractivity contribution in [3.8, 4) is 0 Å². The number of esters is 3. The van der Waals surface area contributed by atoms with E-state index in [1.165, 1.54) is 186 Å². The molecule has 6 nitrogen and oxygen atoms in total. The van der Waals surface area contributed by atoms with E-state index in [1.54, 1.807) is 0 Å². The van der Waals surface area contributed by atoms with Crippen LogP contribution in [0.3, 0.4) is 0 Å². The largest absolute Gasteiger partial charge is 0.462 e. The van der Waals surface area contributed by atoms with Crippen LogP contribution in [-0.2, 0) is 28.6 Å². The first-order valence-corrected chi connectivity index (χ1v) is 34.2. The summed E-state index contributed by atoms with van der Waals surface area (Å²) in [6.45, 7) is 6.54. The van der Waals surface area contributed by atoms with Crippen molar-refractivity contribution in [1.82, 2.24) is 0 Å². The average molecular weight is 1110 g/mol. The lowest BCUT2D eigenvalue weighted by molar-refractivity contribution is -0.167. The molecule has 0 aliphatic heterocycles. The van der Waals surface area contributed by atoms with Crippen LogP contribution in [0.15, 0.2) is 97.2 Å². The number of hydrogen-bond acceptors (Lipinski definition) is 6. The van der Waals surface area contributed by atoms with Crippen LogP contribution in [0.4, 0.5) is 0 Å². The Balaban J connectivity index is 4.42. The molecule has 0 aromatic heterocycles. The number of hydrogen-bond donors (Lipinski definition) is 0. The summed E-state index contributed by atoms with van der Waals surface area (Å²) in [7, 11) is 0. The molecule has 0 saturated heterocycles. The van der Waals surface area contributed by atoms with E-state index in [0.29, 0.717) is 19.3 Å². The molecule has 0 saturated carbocycles. The van der Waals surface area contributed by atoms with Gasteiger partial charge in [0, 0.05) is 19.3 Å². The molecule has 0 heterocycles. The molecule has 0 bridgehead atoms. The van der Waals surface area contributed by atoms with Gasteiger partial charge in [-0.1, -0.05) is 330 Å². The van der Waals surface area contributed by atoms with Crippen molar-refractivity contribution in [2.75, 3.05) is 13.2 Å². The lowest BCUT2D eigenvalue weighted by atomic mass is 10.0. The molecule has 0 rings (SSSR count). The molecule has 0 aromatic carbocycles. The second-order valence-corrected chi connectivity index (χ2v) is 22.7. The number of rotatable bonds is 62. The number of allylic oxidation sites excluding steroid dienone is 16. The minimum atomic E-state index is -0.795. The van der Waals surface area contributed by atoms with Gasteiger partial charge in [-0.15, -0.1) is 0 Å². The monoisotopic (exact) mass is 1110 g/mol. The minimum Gasteiger partial charge on any atom is -0.462 e. The molecule has 0 aromatic rings. The molecule has 1 unspecified atom stereocenters. The van der Waals surface area contributed by atoms with Gasteiger partial charge in [0.2, 0.25) is 0 Å². The van der Waals surface area contributed by atoms with Crippen LogP contribution >= 0.6 is 0 Å². The van der Waals surface area contributed by atoms with Crippen LogP contribution in [0.1, 0.15) is 335 Å². The third-order valence-electron chi connectivity index (χ3n) is 14.9. The second kappa shape index (κ2) is 67.8. The summed E-state index contributed by atoms with van der Waals surface area (Å²) in [5, 5.41) is 0. The van der Waals surface area contributed by atoms with Gasteiger partial charge in [0.15, 0.2) is 6.10 Å². The van der Waals surface area contributed by atoms with E-state index in [9.17, 15) is 14.4 Å². The van der Waals surface area contributed by atoms with Gasteiger partial charge in [-0.25, -0.2) is 0 Å². The van der Waals surface area contributed by atoms with Crippen molar-refractivity contribution in [1.29, 1.82) is 0 Å². The molecule has 6 heteroatoms. The van der Waals surface area contributed by atoms with Gasteiger partial charge in [0.25, 0.3) is 0 Å². The van der Waals surface area contributed by atoms with E-state index >= 15 is 0 Å².